The summed E-state index contributed by atoms with van der Waals surface area (Å²) in [5, 5.41) is 3.20. The molecule has 2 aromatic rings. The van der Waals surface area contributed by atoms with Gasteiger partial charge in [-0.05, 0) is 30.7 Å². The van der Waals surface area contributed by atoms with Gasteiger partial charge in [0.25, 0.3) is 0 Å². The molecule has 2 heterocycles. The lowest BCUT2D eigenvalue weighted by Crippen LogP contribution is -2.22. The Bertz CT molecular complexity index is 622. The minimum Gasteiger partial charge on any atom is -0.479 e. The molecule has 1 fully saturated rings. The fourth-order valence-electron chi connectivity index (χ4n) is 2.69. The van der Waals surface area contributed by atoms with Gasteiger partial charge in [-0.1, -0.05) is 0 Å². The fraction of sp³-hybridized carbons (Fsp3) is 0.312. The van der Waals surface area contributed by atoms with E-state index in [0.717, 1.165) is 18.5 Å². The predicted molar refractivity (Wildman–Crippen MR) is 74.9 cm³/mol. The first-order valence-electron chi connectivity index (χ1n) is 7.07. The van der Waals surface area contributed by atoms with Crippen molar-refractivity contribution in [3.05, 3.63) is 59.7 Å². The summed E-state index contributed by atoms with van der Waals surface area (Å²) >= 11 is 0. The van der Waals surface area contributed by atoms with E-state index in [2.05, 4.69) is 10.3 Å². The number of pyridine rings is 1. The average molecular weight is 308 g/mol. The number of ether oxygens (including phenoxy) is 1. The van der Waals surface area contributed by atoms with Gasteiger partial charge in [0, 0.05) is 37.0 Å². The zero-order chi connectivity index (χ0) is 15.5. The van der Waals surface area contributed by atoms with Gasteiger partial charge in [0.15, 0.2) is 17.4 Å². The van der Waals surface area contributed by atoms with Crippen molar-refractivity contribution in [2.45, 2.75) is 12.5 Å². The minimum atomic E-state index is -1.04. The van der Waals surface area contributed by atoms with E-state index in [4.69, 9.17) is 4.74 Å². The molecule has 0 amide bonds. The molecule has 6 heteroatoms. The lowest BCUT2D eigenvalue weighted by molar-refractivity contribution is 0.131. The van der Waals surface area contributed by atoms with Gasteiger partial charge in [0.05, 0.1) is 0 Å². The number of nitrogens with one attached hydrogen (secondary N) is 1. The van der Waals surface area contributed by atoms with Crippen LogP contribution in [-0.2, 0) is 0 Å². The number of benzene rings is 1. The Balaban J connectivity index is 1.94. The van der Waals surface area contributed by atoms with Crippen molar-refractivity contribution in [3.8, 4) is 5.75 Å². The van der Waals surface area contributed by atoms with E-state index in [1.54, 1.807) is 24.5 Å². The van der Waals surface area contributed by atoms with Crippen molar-refractivity contribution in [2.75, 3.05) is 13.1 Å². The van der Waals surface area contributed by atoms with Gasteiger partial charge in [-0.2, -0.15) is 0 Å². The Morgan fingerprint density at radius 1 is 1.14 bits per heavy atom. The summed E-state index contributed by atoms with van der Waals surface area (Å²) in [6.45, 7) is 1.52. The highest BCUT2D eigenvalue weighted by Gasteiger charge is 2.30. The zero-order valence-electron chi connectivity index (χ0n) is 11.7. The Labute approximate surface area is 126 Å². The molecule has 3 rings (SSSR count). The van der Waals surface area contributed by atoms with E-state index < -0.39 is 29.3 Å². The third-order valence-electron chi connectivity index (χ3n) is 3.77. The third-order valence-corrected chi connectivity index (χ3v) is 3.77. The number of rotatable bonds is 4. The molecule has 1 N–H and O–H groups in total. The molecule has 1 aromatic carbocycles. The van der Waals surface area contributed by atoms with Crippen molar-refractivity contribution < 1.29 is 17.9 Å². The van der Waals surface area contributed by atoms with Crippen molar-refractivity contribution in [1.29, 1.82) is 0 Å². The fourth-order valence-corrected chi connectivity index (χ4v) is 2.69. The van der Waals surface area contributed by atoms with Gasteiger partial charge in [-0.25, -0.2) is 13.2 Å². The first-order chi connectivity index (χ1) is 10.6. The zero-order valence-corrected chi connectivity index (χ0v) is 11.7. The number of hydrogen-bond donors (Lipinski definition) is 1. The summed E-state index contributed by atoms with van der Waals surface area (Å²) < 4.78 is 46.3. The highest BCUT2D eigenvalue weighted by atomic mass is 19.1. The lowest BCUT2D eigenvalue weighted by atomic mass is 9.95. The smallest absolute Gasteiger partial charge is 0.191 e. The monoisotopic (exact) mass is 308 g/mol. The maximum absolute atomic E-state index is 13.8. The summed E-state index contributed by atoms with van der Waals surface area (Å²) in [6, 6.07) is 4.74. The Kier molecular flexibility index (Phi) is 4.29. The molecule has 1 aliphatic heterocycles. The molecular formula is C16H15F3N2O. The van der Waals surface area contributed by atoms with Crippen LogP contribution < -0.4 is 10.1 Å². The van der Waals surface area contributed by atoms with Crippen LogP contribution >= 0.6 is 0 Å². The highest BCUT2D eigenvalue weighted by molar-refractivity contribution is 5.29. The van der Waals surface area contributed by atoms with Gasteiger partial charge in [-0.3, -0.25) is 4.98 Å². The number of hydrogen-bond acceptors (Lipinski definition) is 3. The number of aromatic nitrogens is 1. The van der Waals surface area contributed by atoms with Crippen LogP contribution in [0.2, 0.25) is 0 Å². The average Bonchev–Trinajstić information content (AvgIpc) is 3.01. The third kappa shape index (κ3) is 3.06. The molecular weight excluding hydrogens is 293 g/mol. The minimum absolute atomic E-state index is 0.0752. The molecule has 0 spiro atoms. The second-order valence-electron chi connectivity index (χ2n) is 5.27. The molecule has 0 bridgehead atoms. The quantitative estimate of drug-likeness (QED) is 0.941. The van der Waals surface area contributed by atoms with Crippen molar-refractivity contribution in [2.24, 2.45) is 5.92 Å². The van der Waals surface area contributed by atoms with Gasteiger partial charge >= 0.3 is 0 Å². The summed E-state index contributed by atoms with van der Waals surface area (Å²) in [5.41, 5.74) is 0.784. The topological polar surface area (TPSA) is 34.1 Å². The van der Waals surface area contributed by atoms with Crippen molar-refractivity contribution >= 4 is 0 Å². The van der Waals surface area contributed by atoms with Crippen LogP contribution in [0.15, 0.2) is 36.7 Å². The molecule has 0 saturated carbocycles. The highest BCUT2D eigenvalue weighted by Crippen LogP contribution is 2.34. The predicted octanol–water partition coefficient (Wildman–Crippen LogP) is 3.23. The second-order valence-corrected chi connectivity index (χ2v) is 5.27. The summed E-state index contributed by atoms with van der Waals surface area (Å²) in [7, 11) is 0. The van der Waals surface area contributed by atoms with E-state index in [1.165, 1.54) is 0 Å². The molecule has 0 aliphatic carbocycles. The Hall–Kier alpha value is -2.08. The molecule has 1 saturated heterocycles. The van der Waals surface area contributed by atoms with Gasteiger partial charge in [-0.15, -0.1) is 0 Å². The van der Waals surface area contributed by atoms with E-state index in [1.807, 2.05) is 0 Å². The van der Waals surface area contributed by atoms with Gasteiger partial charge < -0.3 is 10.1 Å². The first kappa shape index (κ1) is 14.8. The second kappa shape index (κ2) is 6.36. The largest absolute Gasteiger partial charge is 0.479 e. The van der Waals surface area contributed by atoms with Crippen LogP contribution in [0.1, 0.15) is 18.1 Å². The summed E-state index contributed by atoms with van der Waals surface area (Å²) in [4.78, 5) is 3.94. The molecule has 0 unspecified atom stereocenters. The number of nitrogens with zero attached hydrogens (tertiary/aromatic N) is 1. The van der Waals surface area contributed by atoms with E-state index in [9.17, 15) is 13.2 Å². The van der Waals surface area contributed by atoms with Crippen LogP contribution in [0.4, 0.5) is 13.2 Å². The maximum Gasteiger partial charge on any atom is 0.191 e. The van der Waals surface area contributed by atoms with Crippen molar-refractivity contribution in [1.82, 2.24) is 10.3 Å². The van der Waals surface area contributed by atoms with Crippen molar-refractivity contribution in [3.63, 3.8) is 0 Å². The maximum atomic E-state index is 13.8. The van der Waals surface area contributed by atoms with E-state index in [0.29, 0.717) is 18.7 Å². The Morgan fingerprint density at radius 2 is 1.82 bits per heavy atom. The standard InChI is InChI=1S/C16H15F3N2O/c17-12-7-13(18)16(14(19)8-12)22-15(11-3-6-21-9-11)10-1-4-20-5-2-10/h1-2,4-5,7-8,11,15,21H,3,6,9H2/t11-,15-/m1/s1. The van der Waals surface area contributed by atoms with Crippen LogP contribution in [0.25, 0.3) is 0 Å². The van der Waals surface area contributed by atoms with Crippen LogP contribution in [0.5, 0.6) is 5.75 Å². The van der Waals surface area contributed by atoms with E-state index in [-0.39, 0.29) is 5.92 Å². The first-order valence-corrected chi connectivity index (χ1v) is 7.07. The normalized spacial score (nSPS) is 19.1. The molecule has 1 aliphatic rings. The summed E-state index contributed by atoms with van der Waals surface area (Å²) in [5.74, 6) is -3.52. The molecule has 22 heavy (non-hydrogen) atoms. The molecule has 2 atom stereocenters. The van der Waals surface area contributed by atoms with Crippen LogP contribution in [0.3, 0.4) is 0 Å². The SMILES string of the molecule is Fc1cc(F)c(O[C@H](c2ccncc2)[C@@H]2CCNC2)c(F)c1. The van der Waals surface area contributed by atoms with Crippen LogP contribution in [0, 0.1) is 23.4 Å². The van der Waals surface area contributed by atoms with Crippen LogP contribution in [-0.4, -0.2) is 18.1 Å². The van der Waals surface area contributed by atoms with Gasteiger partial charge in [0.2, 0.25) is 0 Å². The summed E-state index contributed by atoms with van der Waals surface area (Å²) in [6.07, 6.45) is 3.52. The van der Waals surface area contributed by atoms with Gasteiger partial charge in [0.1, 0.15) is 11.9 Å². The van der Waals surface area contributed by atoms with E-state index >= 15 is 0 Å². The molecule has 1 aromatic heterocycles. The lowest BCUT2D eigenvalue weighted by Gasteiger charge is -2.25. The Morgan fingerprint density at radius 3 is 2.41 bits per heavy atom. The molecule has 116 valence electrons. The number of halogens is 3. The molecule has 3 nitrogen and oxygen atoms in total. The molecule has 0 radical (unpaired) electrons.